The van der Waals surface area contributed by atoms with Crippen molar-refractivity contribution >= 4 is 6.09 Å². The van der Waals surface area contributed by atoms with Crippen LogP contribution >= 0.6 is 0 Å². The van der Waals surface area contributed by atoms with Crippen molar-refractivity contribution in [2.45, 2.75) is 63.9 Å². The van der Waals surface area contributed by atoms with Crippen LogP contribution in [0.25, 0.3) is 0 Å². The van der Waals surface area contributed by atoms with Crippen molar-refractivity contribution in [2.24, 2.45) is 23.0 Å². The number of phenols is 1. The highest BCUT2D eigenvalue weighted by Gasteiger charge is 2.55. The average molecular weight is 359 g/mol. The average Bonchev–Trinajstić information content (AvgIpc) is 2.81. The zero-order chi connectivity index (χ0) is 18.5. The number of primary amides is 1. The first-order chi connectivity index (χ1) is 12.4. The molecule has 1 aromatic rings. The van der Waals surface area contributed by atoms with Gasteiger partial charge in [-0.3, -0.25) is 0 Å². The van der Waals surface area contributed by atoms with Gasteiger partial charge in [-0.1, -0.05) is 6.92 Å². The largest absolute Gasteiger partial charge is 0.504 e. The molecular formula is C21H29NO4. The van der Waals surface area contributed by atoms with Gasteiger partial charge in [0.1, 0.15) is 6.10 Å². The van der Waals surface area contributed by atoms with E-state index in [0.29, 0.717) is 23.5 Å². The second kappa shape index (κ2) is 6.36. The molecule has 0 bridgehead atoms. The summed E-state index contributed by atoms with van der Waals surface area (Å²) in [5.74, 6) is 2.44. The van der Waals surface area contributed by atoms with Gasteiger partial charge in [-0.2, -0.15) is 0 Å². The Morgan fingerprint density at radius 3 is 2.81 bits per heavy atom. The van der Waals surface area contributed by atoms with Crippen molar-refractivity contribution in [1.29, 1.82) is 0 Å². The molecule has 2 fully saturated rings. The first kappa shape index (κ1) is 17.5. The Hall–Kier alpha value is -1.91. The second-order valence-electron chi connectivity index (χ2n) is 8.54. The fourth-order valence-corrected chi connectivity index (χ4v) is 6.24. The van der Waals surface area contributed by atoms with E-state index in [1.165, 1.54) is 17.5 Å². The van der Waals surface area contributed by atoms with Crippen molar-refractivity contribution < 1.29 is 19.4 Å². The van der Waals surface area contributed by atoms with E-state index < -0.39 is 6.09 Å². The Bertz CT molecular complexity index is 718. The highest BCUT2D eigenvalue weighted by atomic mass is 16.6. The topological polar surface area (TPSA) is 81.8 Å². The number of benzene rings is 1. The molecule has 0 saturated heterocycles. The smallest absolute Gasteiger partial charge is 0.404 e. The fourth-order valence-electron chi connectivity index (χ4n) is 6.24. The molecule has 0 heterocycles. The zero-order valence-electron chi connectivity index (χ0n) is 15.7. The molecule has 0 aromatic heterocycles. The Kier molecular flexibility index (Phi) is 4.28. The van der Waals surface area contributed by atoms with E-state index in [0.717, 1.165) is 38.5 Å². The number of aromatic hydroxyl groups is 1. The highest BCUT2D eigenvalue weighted by molar-refractivity contribution is 5.65. The number of hydrogen-bond donors (Lipinski definition) is 2. The molecule has 3 aliphatic rings. The highest BCUT2D eigenvalue weighted by Crippen LogP contribution is 2.61. The summed E-state index contributed by atoms with van der Waals surface area (Å²) in [7, 11) is 1.61. The van der Waals surface area contributed by atoms with E-state index in [4.69, 9.17) is 15.2 Å². The summed E-state index contributed by atoms with van der Waals surface area (Å²) in [5, 5.41) is 10.2. The van der Waals surface area contributed by atoms with E-state index in [1.54, 1.807) is 7.11 Å². The van der Waals surface area contributed by atoms with Gasteiger partial charge in [-0.25, -0.2) is 4.79 Å². The molecule has 4 rings (SSSR count). The Balaban J connectivity index is 1.68. The zero-order valence-corrected chi connectivity index (χ0v) is 15.7. The summed E-state index contributed by atoms with van der Waals surface area (Å²) < 4.78 is 10.9. The van der Waals surface area contributed by atoms with Crippen molar-refractivity contribution in [3.05, 3.63) is 23.3 Å². The maximum absolute atomic E-state index is 11.3. The first-order valence-corrected chi connectivity index (χ1v) is 9.80. The lowest BCUT2D eigenvalue weighted by Gasteiger charge is -2.48. The lowest BCUT2D eigenvalue weighted by molar-refractivity contribution is -0.0269. The number of rotatable bonds is 2. The fraction of sp³-hybridized carbons (Fsp3) is 0.667. The van der Waals surface area contributed by atoms with E-state index in [-0.39, 0.29) is 17.3 Å². The number of nitrogens with two attached hydrogens (primary N) is 1. The summed E-state index contributed by atoms with van der Waals surface area (Å²) in [6.07, 6.45) is 6.76. The van der Waals surface area contributed by atoms with Gasteiger partial charge < -0.3 is 20.3 Å². The monoisotopic (exact) mass is 359 g/mol. The van der Waals surface area contributed by atoms with Gasteiger partial charge in [0.25, 0.3) is 0 Å². The van der Waals surface area contributed by atoms with Crippen molar-refractivity contribution in [3.8, 4) is 11.5 Å². The summed E-state index contributed by atoms with van der Waals surface area (Å²) in [4.78, 5) is 11.3. The van der Waals surface area contributed by atoms with Crippen LogP contribution in [-0.2, 0) is 11.2 Å². The molecule has 2 saturated carbocycles. The van der Waals surface area contributed by atoms with E-state index in [1.807, 2.05) is 6.07 Å². The van der Waals surface area contributed by atoms with Crippen molar-refractivity contribution in [2.75, 3.05) is 7.11 Å². The minimum atomic E-state index is -0.648. The summed E-state index contributed by atoms with van der Waals surface area (Å²) in [5.41, 5.74) is 7.97. The van der Waals surface area contributed by atoms with E-state index in [2.05, 4.69) is 13.0 Å². The van der Waals surface area contributed by atoms with Gasteiger partial charge in [-0.15, -0.1) is 0 Å². The molecule has 5 heteroatoms. The number of amides is 1. The van der Waals surface area contributed by atoms with Crippen LogP contribution in [0.1, 0.15) is 62.5 Å². The number of hydrogen-bond acceptors (Lipinski definition) is 4. The molecule has 1 amide bonds. The number of phenolic OH excluding ortho intramolecular Hbond substituents is 1. The molecule has 5 unspecified atom stereocenters. The molecule has 0 spiro atoms. The van der Waals surface area contributed by atoms with Crippen LogP contribution < -0.4 is 10.5 Å². The minimum absolute atomic E-state index is 0.0295. The van der Waals surface area contributed by atoms with Gasteiger partial charge in [0.15, 0.2) is 11.5 Å². The molecular weight excluding hydrogens is 330 g/mol. The molecule has 3 aliphatic carbocycles. The number of carbonyl (C=O) groups excluding carboxylic acids is 1. The van der Waals surface area contributed by atoms with Gasteiger partial charge in [0.2, 0.25) is 0 Å². The lowest BCUT2D eigenvalue weighted by atomic mass is 9.58. The number of carbonyl (C=O) groups is 1. The van der Waals surface area contributed by atoms with Crippen LogP contribution in [0.3, 0.4) is 0 Å². The van der Waals surface area contributed by atoms with Crippen LogP contribution in [-0.4, -0.2) is 24.4 Å². The molecule has 0 radical (unpaired) electrons. The summed E-state index contributed by atoms with van der Waals surface area (Å²) >= 11 is 0. The van der Waals surface area contributed by atoms with E-state index >= 15 is 0 Å². The lowest BCUT2D eigenvalue weighted by Crippen LogP contribution is -2.44. The molecule has 5 atom stereocenters. The molecule has 0 aliphatic heterocycles. The third-order valence-corrected chi connectivity index (χ3v) is 7.43. The van der Waals surface area contributed by atoms with Crippen LogP contribution in [0.2, 0.25) is 0 Å². The van der Waals surface area contributed by atoms with Crippen LogP contribution in [0.4, 0.5) is 4.79 Å². The van der Waals surface area contributed by atoms with E-state index in [9.17, 15) is 9.90 Å². The molecule has 26 heavy (non-hydrogen) atoms. The minimum Gasteiger partial charge on any atom is -0.504 e. The maximum Gasteiger partial charge on any atom is 0.404 e. The number of fused-ring (bicyclic) bond motifs is 5. The standard InChI is InChI=1S/C21H29NO4/c1-21-9-8-13-14(16(21)6-7-19(21)26-20(22)24)5-3-4-12-10-17(23)18(25-2)11-15(12)13/h10-11,13-14,16,19,23H,3-9H2,1-2H3,(H2,22,24). The van der Waals surface area contributed by atoms with Crippen LogP contribution in [0.5, 0.6) is 11.5 Å². The van der Waals surface area contributed by atoms with Gasteiger partial charge in [-0.05, 0) is 86.0 Å². The normalized spacial score (nSPS) is 35.6. The Morgan fingerprint density at radius 1 is 1.27 bits per heavy atom. The number of aryl methyl sites for hydroxylation is 1. The Morgan fingerprint density at radius 2 is 2.08 bits per heavy atom. The maximum atomic E-state index is 11.3. The van der Waals surface area contributed by atoms with Gasteiger partial charge >= 0.3 is 6.09 Å². The van der Waals surface area contributed by atoms with Crippen LogP contribution in [0.15, 0.2) is 12.1 Å². The van der Waals surface area contributed by atoms with Gasteiger partial charge in [0.05, 0.1) is 7.11 Å². The summed E-state index contributed by atoms with van der Waals surface area (Å²) in [6, 6.07) is 3.96. The third-order valence-electron chi connectivity index (χ3n) is 7.43. The first-order valence-electron chi connectivity index (χ1n) is 9.80. The quantitative estimate of drug-likeness (QED) is 0.832. The predicted octanol–water partition coefficient (Wildman–Crippen LogP) is 4.11. The number of methoxy groups -OCH3 is 1. The van der Waals surface area contributed by atoms with Gasteiger partial charge in [0, 0.05) is 5.41 Å². The number of ether oxygens (including phenoxy) is 2. The Labute approximate surface area is 154 Å². The third kappa shape index (κ3) is 2.63. The molecule has 5 nitrogen and oxygen atoms in total. The van der Waals surface area contributed by atoms with Crippen molar-refractivity contribution in [3.63, 3.8) is 0 Å². The van der Waals surface area contributed by atoms with Crippen molar-refractivity contribution in [1.82, 2.24) is 0 Å². The van der Waals surface area contributed by atoms with Crippen LogP contribution in [0, 0.1) is 17.3 Å². The molecule has 1 aromatic carbocycles. The second-order valence-corrected chi connectivity index (χ2v) is 8.54. The SMILES string of the molecule is COc1cc2c(cc1O)CCCC1C2CCC2(C)C(OC(N)=O)CCC12. The molecule has 142 valence electrons. The summed E-state index contributed by atoms with van der Waals surface area (Å²) in [6.45, 7) is 2.29. The predicted molar refractivity (Wildman–Crippen MR) is 98.3 cm³/mol. The molecule has 3 N–H and O–H groups in total.